The largest absolute Gasteiger partial charge is 0.493 e. The minimum atomic E-state index is -0.269. The molecule has 42 heavy (non-hydrogen) atoms. The first-order valence-electron chi connectivity index (χ1n) is 14.2. The van der Waals surface area contributed by atoms with Crippen molar-refractivity contribution in [3.8, 4) is 28.6 Å². The van der Waals surface area contributed by atoms with Crippen LogP contribution in [0.5, 0.6) is 11.5 Å². The van der Waals surface area contributed by atoms with Crippen molar-refractivity contribution in [1.29, 1.82) is 0 Å². The number of ether oxygens (including phenoxy) is 3. The number of methoxy groups -OCH3 is 1. The molecule has 0 radical (unpaired) electrons. The molecule has 218 valence electrons. The van der Waals surface area contributed by atoms with Gasteiger partial charge in [0.05, 0.1) is 32.6 Å². The summed E-state index contributed by atoms with van der Waals surface area (Å²) >= 11 is 0. The summed E-state index contributed by atoms with van der Waals surface area (Å²) in [5.74, 6) is 1.97. The molecule has 0 aliphatic carbocycles. The molecule has 1 saturated heterocycles. The number of aromatic nitrogens is 4. The van der Waals surface area contributed by atoms with Crippen LogP contribution in [0.2, 0.25) is 0 Å². The summed E-state index contributed by atoms with van der Waals surface area (Å²) in [7, 11) is 1.61. The lowest BCUT2D eigenvalue weighted by molar-refractivity contribution is -0.132. The number of nitrogens with zero attached hydrogens (tertiary/aromatic N) is 5. The molecule has 11 nitrogen and oxygen atoms in total. The van der Waals surface area contributed by atoms with Crippen LogP contribution in [-0.4, -0.2) is 82.0 Å². The number of aryl methyl sites for hydroxylation is 1. The molecule has 11 heteroatoms. The fraction of sp³-hybridized carbons (Fsp3) is 0.355. The number of rotatable bonds is 6. The van der Waals surface area contributed by atoms with Crippen molar-refractivity contribution in [3.63, 3.8) is 0 Å². The van der Waals surface area contributed by atoms with Gasteiger partial charge in [0.25, 0.3) is 5.56 Å². The second-order valence-electron chi connectivity index (χ2n) is 10.5. The molecule has 2 aromatic heterocycles. The van der Waals surface area contributed by atoms with E-state index in [0.717, 1.165) is 61.1 Å². The van der Waals surface area contributed by atoms with Crippen LogP contribution < -0.4 is 15.0 Å². The number of H-pyrrole nitrogens is 1. The standard InChI is InChI=1S/C31H34N6O5/c1-40-27-5-2-24-19-28(27)42-15-12-36(30(39)7-4-25-3-6-29(38)34-33-25)21-23-16-22(20-35-10-13-41-14-11-35)17-26(18-23)37-9-8-32-31(24)37/h2-3,5-6,8-9,16-19H,4,7,10-15,20-21H2,1H3,(H,34,38). The molecule has 0 spiro atoms. The Morgan fingerprint density at radius 2 is 1.93 bits per heavy atom. The van der Waals surface area contributed by atoms with E-state index in [1.54, 1.807) is 19.4 Å². The van der Waals surface area contributed by atoms with Gasteiger partial charge in [-0.3, -0.25) is 19.1 Å². The Kier molecular flexibility index (Phi) is 8.29. The fourth-order valence-corrected chi connectivity index (χ4v) is 5.42. The van der Waals surface area contributed by atoms with Gasteiger partial charge >= 0.3 is 0 Å². The Hall–Kier alpha value is -4.48. The number of fused-ring (bicyclic) bond motifs is 7. The quantitative estimate of drug-likeness (QED) is 0.377. The molecule has 4 aromatic rings. The second-order valence-corrected chi connectivity index (χ2v) is 10.5. The molecule has 0 saturated carbocycles. The number of amides is 1. The summed E-state index contributed by atoms with van der Waals surface area (Å²) in [5.41, 5.74) is 4.45. The predicted molar refractivity (Wildman–Crippen MR) is 156 cm³/mol. The Morgan fingerprint density at radius 1 is 1.05 bits per heavy atom. The highest BCUT2D eigenvalue weighted by molar-refractivity contribution is 5.76. The maximum absolute atomic E-state index is 13.6. The van der Waals surface area contributed by atoms with Crippen LogP contribution in [-0.2, 0) is 29.0 Å². The molecule has 1 N–H and O–H groups in total. The van der Waals surface area contributed by atoms with Gasteiger partial charge in [0, 0.05) is 68.7 Å². The Bertz CT molecular complexity index is 1590. The minimum absolute atomic E-state index is 0.0226. The maximum Gasteiger partial charge on any atom is 0.264 e. The summed E-state index contributed by atoms with van der Waals surface area (Å²) in [5, 5.41) is 6.49. The van der Waals surface area contributed by atoms with E-state index in [9.17, 15) is 9.59 Å². The fourth-order valence-electron chi connectivity index (χ4n) is 5.42. The highest BCUT2D eigenvalue weighted by atomic mass is 16.5. The van der Waals surface area contributed by atoms with E-state index in [1.807, 2.05) is 29.3 Å². The number of morpholine rings is 1. The van der Waals surface area contributed by atoms with Gasteiger partial charge in [0.1, 0.15) is 12.4 Å². The van der Waals surface area contributed by atoms with Crippen LogP contribution in [0.15, 0.2) is 65.7 Å². The van der Waals surface area contributed by atoms with Crippen molar-refractivity contribution < 1.29 is 19.0 Å². The molecule has 2 aliphatic rings. The summed E-state index contributed by atoms with van der Waals surface area (Å²) in [4.78, 5) is 33.9. The third-order valence-electron chi connectivity index (χ3n) is 7.56. The lowest BCUT2D eigenvalue weighted by Gasteiger charge is -2.27. The third kappa shape index (κ3) is 6.37. The number of hydrogen-bond donors (Lipinski definition) is 1. The van der Waals surface area contributed by atoms with Crippen molar-refractivity contribution in [1.82, 2.24) is 29.5 Å². The van der Waals surface area contributed by atoms with Crippen molar-refractivity contribution in [2.45, 2.75) is 25.9 Å². The van der Waals surface area contributed by atoms with E-state index >= 15 is 0 Å². The molecule has 4 heterocycles. The van der Waals surface area contributed by atoms with Crippen LogP contribution in [0.25, 0.3) is 17.1 Å². The molecule has 4 bridgehead atoms. The SMILES string of the molecule is COc1ccc2cc1OCCN(C(=O)CCc1ccc(=O)[nH]n1)Cc1cc(CN3CCOCC3)cc(c1)-n1ccnc1-2. The Balaban J connectivity index is 1.36. The average Bonchev–Trinajstić information content (AvgIpc) is 3.50. The lowest BCUT2D eigenvalue weighted by atomic mass is 10.1. The first kappa shape index (κ1) is 27.7. The minimum Gasteiger partial charge on any atom is -0.493 e. The number of benzene rings is 2. The third-order valence-corrected chi connectivity index (χ3v) is 7.56. The van der Waals surface area contributed by atoms with Gasteiger partial charge < -0.3 is 19.1 Å². The topological polar surface area (TPSA) is 115 Å². The first-order chi connectivity index (χ1) is 20.6. The second kappa shape index (κ2) is 12.6. The molecule has 1 amide bonds. The zero-order valence-corrected chi connectivity index (χ0v) is 23.6. The molecule has 0 unspecified atom stereocenters. The Labute approximate surface area is 243 Å². The first-order valence-corrected chi connectivity index (χ1v) is 14.2. The number of imidazole rings is 1. The molecule has 1 fully saturated rings. The molecular formula is C31H34N6O5. The van der Waals surface area contributed by atoms with Crippen molar-refractivity contribution in [2.75, 3.05) is 46.6 Å². The molecule has 0 atom stereocenters. The van der Waals surface area contributed by atoms with Gasteiger partial charge in [-0.25, -0.2) is 10.1 Å². The monoisotopic (exact) mass is 570 g/mol. The van der Waals surface area contributed by atoms with Crippen LogP contribution in [0.3, 0.4) is 0 Å². The van der Waals surface area contributed by atoms with Crippen LogP contribution in [0.1, 0.15) is 23.2 Å². The van der Waals surface area contributed by atoms with E-state index in [-0.39, 0.29) is 24.5 Å². The summed E-state index contributed by atoms with van der Waals surface area (Å²) in [6.07, 6.45) is 4.42. The number of aromatic amines is 1. The highest BCUT2D eigenvalue weighted by Crippen LogP contribution is 2.33. The van der Waals surface area contributed by atoms with Crippen LogP contribution in [0, 0.1) is 0 Å². The summed E-state index contributed by atoms with van der Waals surface area (Å²) in [6, 6.07) is 15.4. The zero-order valence-electron chi connectivity index (χ0n) is 23.6. The normalized spacial score (nSPS) is 15.5. The van der Waals surface area contributed by atoms with Gasteiger partial charge in [0.2, 0.25) is 5.91 Å². The van der Waals surface area contributed by atoms with Crippen molar-refractivity contribution >= 4 is 5.91 Å². The van der Waals surface area contributed by atoms with E-state index in [0.29, 0.717) is 36.7 Å². The van der Waals surface area contributed by atoms with Crippen molar-refractivity contribution in [3.05, 3.63) is 88.1 Å². The van der Waals surface area contributed by atoms with E-state index in [1.165, 1.54) is 6.07 Å². The molecule has 2 aromatic carbocycles. The maximum atomic E-state index is 13.6. The summed E-state index contributed by atoms with van der Waals surface area (Å²) < 4.78 is 19.4. The number of hydrogen-bond acceptors (Lipinski definition) is 8. The van der Waals surface area contributed by atoms with Gasteiger partial charge in [-0.15, -0.1) is 0 Å². The van der Waals surface area contributed by atoms with Gasteiger partial charge in [-0.1, -0.05) is 6.07 Å². The molecule has 2 aliphatic heterocycles. The highest BCUT2D eigenvalue weighted by Gasteiger charge is 2.20. The van der Waals surface area contributed by atoms with E-state index in [4.69, 9.17) is 14.2 Å². The number of carbonyl (C=O) groups is 1. The van der Waals surface area contributed by atoms with Gasteiger partial charge in [-0.2, -0.15) is 5.10 Å². The van der Waals surface area contributed by atoms with Crippen LogP contribution >= 0.6 is 0 Å². The van der Waals surface area contributed by atoms with Gasteiger partial charge in [-0.05, 0) is 47.5 Å². The average molecular weight is 571 g/mol. The van der Waals surface area contributed by atoms with Gasteiger partial charge in [0.15, 0.2) is 11.5 Å². The molecule has 6 rings (SSSR count). The zero-order chi connectivity index (χ0) is 28.9. The number of carbonyl (C=O) groups excluding carboxylic acids is 1. The van der Waals surface area contributed by atoms with E-state index in [2.05, 4.69) is 42.8 Å². The summed E-state index contributed by atoms with van der Waals surface area (Å²) in [6.45, 7) is 5.10. The van der Waals surface area contributed by atoms with E-state index < -0.39 is 0 Å². The van der Waals surface area contributed by atoms with Crippen LogP contribution in [0.4, 0.5) is 0 Å². The Morgan fingerprint density at radius 3 is 2.74 bits per heavy atom. The molecular weight excluding hydrogens is 536 g/mol. The number of nitrogens with one attached hydrogen (secondary N) is 1. The van der Waals surface area contributed by atoms with Crippen molar-refractivity contribution in [2.24, 2.45) is 0 Å². The smallest absolute Gasteiger partial charge is 0.264 e. The lowest BCUT2D eigenvalue weighted by Crippen LogP contribution is -2.36. The predicted octanol–water partition coefficient (Wildman–Crippen LogP) is 2.82.